The topological polar surface area (TPSA) is 33.5 Å². The molecular formula is C81H82N4O. The fourth-order valence-corrected chi connectivity index (χ4v) is 13.4. The normalized spacial score (nSPS) is 15.4. The van der Waals surface area contributed by atoms with E-state index in [4.69, 9.17) is 9.72 Å². The van der Waals surface area contributed by atoms with Gasteiger partial charge in [0.15, 0.2) is 0 Å². The van der Waals surface area contributed by atoms with Gasteiger partial charge in [-0.25, -0.2) is 4.98 Å². The van der Waals surface area contributed by atoms with Gasteiger partial charge in [-0.1, -0.05) is 230 Å². The average molecular weight is 1130 g/mol. The summed E-state index contributed by atoms with van der Waals surface area (Å²) in [4.78, 5) is 10.3. The zero-order chi connectivity index (χ0) is 61.9. The van der Waals surface area contributed by atoms with Crippen LogP contribution in [0.15, 0.2) is 212 Å². The van der Waals surface area contributed by atoms with E-state index in [9.17, 15) is 2.74 Å². The first-order valence-electron chi connectivity index (χ1n) is 31.8. The summed E-state index contributed by atoms with van der Waals surface area (Å²) in [5.41, 5.74) is 20.0. The molecule has 0 N–H and O–H groups in total. The Morgan fingerprint density at radius 2 is 1.06 bits per heavy atom. The highest BCUT2D eigenvalue weighted by Gasteiger charge is 2.39. The number of nitrogens with zero attached hydrogens (tertiary/aromatic N) is 4. The first-order valence-corrected chi connectivity index (χ1v) is 30.8. The predicted molar refractivity (Wildman–Crippen MR) is 365 cm³/mol. The van der Waals surface area contributed by atoms with Crippen molar-refractivity contribution in [1.82, 2.24) is 9.55 Å². The minimum Gasteiger partial charge on any atom is -0.457 e. The highest BCUT2D eigenvalue weighted by atomic mass is 16.5. The molecule has 3 heterocycles. The van der Waals surface area contributed by atoms with Crippen molar-refractivity contribution in [3.8, 4) is 61.8 Å². The summed E-state index contributed by atoms with van der Waals surface area (Å²) in [7, 11) is 0. The number of hydrogen-bond acceptors (Lipinski definition) is 4. The molecule has 5 heteroatoms. The number of fused-ring (bicyclic) bond motifs is 5. The van der Waals surface area contributed by atoms with Crippen molar-refractivity contribution < 1.29 is 7.48 Å². The van der Waals surface area contributed by atoms with Gasteiger partial charge < -0.3 is 14.5 Å². The number of ether oxygens (including phenoxy) is 1. The Bertz CT molecular complexity index is 4490. The van der Waals surface area contributed by atoms with Crippen LogP contribution >= 0.6 is 0 Å². The Labute approximate surface area is 513 Å². The standard InChI is InChI=1S/C81H82N4O/c1-77(2,3)50-57-46-74(82-51-68(57)67-33-24-34-69-75(67)81(12,13)42-41-80(69,10)11)85-72-47-58(78(4,5)6)37-39-65(72)66-40-38-62(49-73(66)85)86-61-30-22-29-60(48-61)83-52-84(71-36-21-20-35-70(71)83)76-63(54-27-18-15-19-28-54)31-23-32-64(76)56-43-55(53-25-16-14-17-26-53)44-59(45-56)79(7,8)9/h14-40,43-49,51H,41-42,50,52H2,1-13H3/i50D2. The molecule has 0 saturated carbocycles. The predicted octanol–water partition coefficient (Wildman–Crippen LogP) is 22.4. The van der Waals surface area contributed by atoms with Gasteiger partial charge in [0.05, 0.1) is 28.1 Å². The second-order valence-corrected chi connectivity index (χ2v) is 28.5. The molecular weight excluding hydrogens is 1040 g/mol. The molecule has 2 aromatic heterocycles. The number of para-hydroxylation sites is 3. The minimum absolute atomic E-state index is 0.0122. The molecule has 13 rings (SSSR count). The van der Waals surface area contributed by atoms with Crippen molar-refractivity contribution in [3.05, 3.63) is 240 Å². The van der Waals surface area contributed by atoms with Crippen LogP contribution < -0.4 is 14.5 Å². The Kier molecular flexibility index (Phi) is 13.2. The average Bonchev–Trinajstić information content (AvgIpc) is 3.31. The number of pyridine rings is 1. The number of hydrogen-bond donors (Lipinski definition) is 0. The third-order valence-corrected chi connectivity index (χ3v) is 18.1. The van der Waals surface area contributed by atoms with E-state index in [1.54, 1.807) is 0 Å². The quantitative estimate of drug-likeness (QED) is 0.137. The second-order valence-electron chi connectivity index (χ2n) is 28.5. The van der Waals surface area contributed by atoms with E-state index < -0.39 is 11.8 Å². The second kappa shape index (κ2) is 21.1. The van der Waals surface area contributed by atoms with E-state index in [0.29, 0.717) is 29.5 Å². The van der Waals surface area contributed by atoms with E-state index in [0.717, 1.165) is 79.7 Å². The lowest BCUT2D eigenvalue weighted by molar-refractivity contribution is 0.332. The van der Waals surface area contributed by atoms with Gasteiger partial charge in [0.25, 0.3) is 0 Å². The molecule has 0 saturated heterocycles. The first kappa shape index (κ1) is 54.0. The van der Waals surface area contributed by atoms with Crippen LogP contribution in [0.1, 0.15) is 133 Å². The van der Waals surface area contributed by atoms with Crippen molar-refractivity contribution >= 4 is 44.6 Å². The Balaban J connectivity index is 0.919. The van der Waals surface area contributed by atoms with E-state index >= 15 is 0 Å². The molecule has 0 spiro atoms. The molecule has 86 heavy (non-hydrogen) atoms. The maximum atomic E-state index is 10.1. The van der Waals surface area contributed by atoms with E-state index in [2.05, 4.69) is 278 Å². The van der Waals surface area contributed by atoms with Gasteiger partial charge in [-0.05, 0) is 157 Å². The molecule has 0 fully saturated rings. The van der Waals surface area contributed by atoms with Crippen LogP contribution in [-0.2, 0) is 28.0 Å². The molecule has 1 aliphatic carbocycles. The third-order valence-electron chi connectivity index (χ3n) is 18.1. The smallest absolute Gasteiger partial charge is 0.137 e. The van der Waals surface area contributed by atoms with Crippen LogP contribution in [0.4, 0.5) is 22.7 Å². The number of rotatable bonds is 10. The summed E-state index contributed by atoms with van der Waals surface area (Å²) < 4.78 is 29.4. The molecule has 0 radical (unpaired) electrons. The zero-order valence-corrected chi connectivity index (χ0v) is 52.5. The van der Waals surface area contributed by atoms with Crippen molar-refractivity contribution in [1.29, 1.82) is 0 Å². The summed E-state index contributed by atoms with van der Waals surface area (Å²) in [5, 5.41) is 2.16. The monoisotopic (exact) mass is 1130 g/mol. The summed E-state index contributed by atoms with van der Waals surface area (Å²) in [6, 6.07) is 74.5. The summed E-state index contributed by atoms with van der Waals surface area (Å²) in [5.74, 6) is 2.06. The van der Waals surface area contributed by atoms with Gasteiger partial charge in [-0.3, -0.25) is 4.57 Å². The van der Waals surface area contributed by atoms with Gasteiger partial charge in [0.2, 0.25) is 0 Å². The van der Waals surface area contributed by atoms with E-state index in [1.165, 1.54) is 44.5 Å². The Hall–Kier alpha value is -8.67. The SMILES string of the molecule is [2H]C([2H])(c1cc(-n2c3cc(Oc4cccc(N5CN(c6c(-c7ccccc7)cccc6-c6cc(-c7ccccc7)cc(C(C)(C)C)c6)c6ccccc65)c4)ccc3c3ccc(C(C)(C)C)cc32)ncc1-c1cccc2c1C(C)(C)CCC2(C)C)C(C)(C)C. The maximum Gasteiger partial charge on any atom is 0.137 e. The number of anilines is 4. The van der Waals surface area contributed by atoms with Crippen molar-refractivity contribution in [2.45, 2.75) is 131 Å². The van der Waals surface area contributed by atoms with Gasteiger partial charge in [0, 0.05) is 54.2 Å². The lowest BCUT2D eigenvalue weighted by Crippen LogP contribution is -2.34. The van der Waals surface area contributed by atoms with Crippen LogP contribution in [-0.4, -0.2) is 16.2 Å². The highest BCUT2D eigenvalue weighted by Crippen LogP contribution is 2.53. The lowest BCUT2D eigenvalue weighted by Gasteiger charge is -2.43. The van der Waals surface area contributed by atoms with Gasteiger partial charge >= 0.3 is 0 Å². The summed E-state index contributed by atoms with van der Waals surface area (Å²) in [6.07, 6.45) is 2.36. The minimum atomic E-state index is -1.74. The summed E-state index contributed by atoms with van der Waals surface area (Å²) in [6.45, 7) is 29.6. The number of benzene rings is 9. The molecule has 0 bridgehead atoms. The fourth-order valence-electron chi connectivity index (χ4n) is 13.4. The van der Waals surface area contributed by atoms with Crippen molar-refractivity contribution in [3.63, 3.8) is 0 Å². The van der Waals surface area contributed by atoms with E-state index in [-0.39, 0.29) is 21.7 Å². The maximum absolute atomic E-state index is 10.1. The van der Waals surface area contributed by atoms with Crippen LogP contribution in [0.2, 0.25) is 0 Å². The molecule has 0 amide bonds. The molecule has 432 valence electrons. The Morgan fingerprint density at radius 1 is 0.477 bits per heavy atom. The zero-order valence-electron chi connectivity index (χ0n) is 54.5. The molecule has 5 nitrogen and oxygen atoms in total. The largest absolute Gasteiger partial charge is 0.457 e. The number of aromatic nitrogens is 2. The third kappa shape index (κ3) is 10.5. The molecule has 9 aromatic carbocycles. The van der Waals surface area contributed by atoms with Gasteiger partial charge in [-0.2, -0.15) is 0 Å². The fraction of sp³-hybridized carbons (Fsp3) is 0.272. The molecule has 2 aliphatic rings. The van der Waals surface area contributed by atoms with Crippen molar-refractivity contribution in [2.75, 3.05) is 16.5 Å². The van der Waals surface area contributed by atoms with Crippen LogP contribution in [0.3, 0.4) is 0 Å². The first-order chi connectivity index (χ1) is 41.8. The van der Waals surface area contributed by atoms with Crippen LogP contribution in [0, 0.1) is 5.41 Å². The Morgan fingerprint density at radius 3 is 1.76 bits per heavy atom. The van der Waals surface area contributed by atoms with Crippen LogP contribution in [0.25, 0.3) is 72.1 Å². The molecule has 11 aromatic rings. The van der Waals surface area contributed by atoms with Gasteiger partial charge in [0.1, 0.15) is 24.0 Å². The molecule has 0 unspecified atom stereocenters. The molecule has 0 atom stereocenters. The van der Waals surface area contributed by atoms with E-state index in [1.807, 2.05) is 39.1 Å². The summed E-state index contributed by atoms with van der Waals surface area (Å²) >= 11 is 0. The van der Waals surface area contributed by atoms with Crippen LogP contribution in [0.5, 0.6) is 11.5 Å². The van der Waals surface area contributed by atoms with Gasteiger partial charge in [-0.15, -0.1) is 0 Å². The molecule has 1 aliphatic heterocycles. The van der Waals surface area contributed by atoms with Crippen molar-refractivity contribution in [2.24, 2.45) is 5.41 Å². The lowest BCUT2D eigenvalue weighted by atomic mass is 9.61. The highest BCUT2D eigenvalue weighted by molar-refractivity contribution is 6.10.